The van der Waals surface area contributed by atoms with Crippen LogP contribution in [0, 0.1) is 11.3 Å². The third-order valence-electron chi connectivity index (χ3n) is 3.87. The van der Waals surface area contributed by atoms with Gasteiger partial charge in [0.05, 0.1) is 17.8 Å². The maximum atomic E-state index is 12.0. The van der Waals surface area contributed by atoms with Crippen LogP contribution >= 0.6 is 11.8 Å². The summed E-state index contributed by atoms with van der Waals surface area (Å²) in [4.78, 5) is 20.9. The molecule has 0 amide bonds. The summed E-state index contributed by atoms with van der Waals surface area (Å²) in [5, 5.41) is 13.3. The maximum absolute atomic E-state index is 12.0. The SMILES string of the molecule is CSc1nc(NCCOC(=O)c2ccccc2)c(C#N)c(-c2ccccc2)n1. The number of thioether (sulfide) groups is 1. The number of aromatic nitrogens is 2. The largest absolute Gasteiger partial charge is 0.460 e. The Morgan fingerprint density at radius 3 is 2.43 bits per heavy atom. The van der Waals surface area contributed by atoms with E-state index in [2.05, 4.69) is 21.4 Å². The molecule has 0 spiro atoms. The zero-order valence-corrected chi connectivity index (χ0v) is 16.1. The molecule has 2 aromatic carbocycles. The van der Waals surface area contributed by atoms with Gasteiger partial charge in [-0.15, -0.1) is 0 Å². The molecule has 1 aromatic heterocycles. The highest BCUT2D eigenvalue weighted by molar-refractivity contribution is 7.98. The molecular weight excluding hydrogens is 372 g/mol. The van der Waals surface area contributed by atoms with Gasteiger partial charge in [0, 0.05) is 5.56 Å². The standard InChI is InChI=1S/C21H18N4O2S/c1-28-21-24-18(15-8-4-2-5-9-15)17(14-22)19(25-21)23-12-13-27-20(26)16-10-6-3-7-11-16/h2-11H,12-13H2,1H3,(H,23,24,25). The van der Waals surface area contributed by atoms with Gasteiger partial charge in [0.15, 0.2) is 5.16 Å². The van der Waals surface area contributed by atoms with Crippen molar-refractivity contribution in [3.05, 3.63) is 71.8 Å². The highest BCUT2D eigenvalue weighted by Gasteiger charge is 2.16. The molecule has 28 heavy (non-hydrogen) atoms. The molecular formula is C21H18N4O2S. The van der Waals surface area contributed by atoms with Crippen molar-refractivity contribution in [2.75, 3.05) is 24.7 Å². The van der Waals surface area contributed by atoms with E-state index in [1.807, 2.05) is 42.7 Å². The lowest BCUT2D eigenvalue weighted by atomic mass is 10.1. The van der Waals surface area contributed by atoms with Crippen molar-refractivity contribution in [3.63, 3.8) is 0 Å². The number of benzene rings is 2. The normalized spacial score (nSPS) is 10.1. The minimum absolute atomic E-state index is 0.151. The molecule has 7 heteroatoms. The Kier molecular flexibility index (Phi) is 6.60. The summed E-state index contributed by atoms with van der Waals surface area (Å²) in [5.74, 6) is 0.0387. The number of esters is 1. The first kappa shape index (κ1) is 19.4. The second kappa shape index (κ2) is 9.53. The number of hydrogen-bond acceptors (Lipinski definition) is 7. The van der Waals surface area contributed by atoms with Crippen LogP contribution in [0.1, 0.15) is 15.9 Å². The van der Waals surface area contributed by atoms with E-state index in [0.29, 0.717) is 34.3 Å². The number of carbonyl (C=O) groups is 1. The average molecular weight is 390 g/mol. The Balaban J connectivity index is 1.73. The number of nitrogens with zero attached hydrogens (tertiary/aromatic N) is 3. The van der Waals surface area contributed by atoms with Crippen molar-refractivity contribution in [1.82, 2.24) is 9.97 Å². The molecule has 3 aromatic rings. The first-order valence-corrected chi connectivity index (χ1v) is 9.83. The van der Waals surface area contributed by atoms with Crippen molar-refractivity contribution >= 4 is 23.5 Å². The van der Waals surface area contributed by atoms with Gasteiger partial charge in [-0.2, -0.15) is 5.26 Å². The quantitative estimate of drug-likeness (QED) is 0.282. The Bertz CT molecular complexity index is 989. The molecule has 1 heterocycles. The van der Waals surface area contributed by atoms with Gasteiger partial charge in [0.1, 0.15) is 24.1 Å². The summed E-state index contributed by atoms with van der Waals surface area (Å²) in [6, 6.07) is 20.5. The molecule has 0 aliphatic rings. The van der Waals surface area contributed by atoms with Crippen molar-refractivity contribution < 1.29 is 9.53 Å². The minimum atomic E-state index is -0.389. The molecule has 6 nitrogen and oxygen atoms in total. The molecule has 0 unspecified atom stereocenters. The van der Waals surface area contributed by atoms with Crippen LogP contribution in [0.25, 0.3) is 11.3 Å². The first-order chi connectivity index (χ1) is 13.7. The van der Waals surface area contributed by atoms with Gasteiger partial charge in [-0.1, -0.05) is 60.3 Å². The smallest absolute Gasteiger partial charge is 0.338 e. The first-order valence-electron chi connectivity index (χ1n) is 8.60. The molecule has 0 aliphatic carbocycles. The molecule has 0 saturated carbocycles. The Hall–Kier alpha value is -3.37. The third kappa shape index (κ3) is 4.67. The highest BCUT2D eigenvalue weighted by Crippen LogP contribution is 2.28. The van der Waals surface area contributed by atoms with E-state index in [1.54, 1.807) is 24.3 Å². The average Bonchev–Trinajstić information content (AvgIpc) is 2.77. The molecule has 1 N–H and O–H groups in total. The third-order valence-corrected chi connectivity index (χ3v) is 4.41. The molecule has 0 aliphatic heterocycles. The van der Waals surface area contributed by atoms with Gasteiger partial charge < -0.3 is 10.1 Å². The van der Waals surface area contributed by atoms with E-state index in [-0.39, 0.29) is 12.6 Å². The number of ether oxygens (including phenoxy) is 1. The van der Waals surface area contributed by atoms with Crippen LogP contribution in [-0.4, -0.2) is 35.3 Å². The second-order valence-corrected chi connectivity index (χ2v) is 6.46. The van der Waals surface area contributed by atoms with E-state index >= 15 is 0 Å². The zero-order valence-electron chi connectivity index (χ0n) is 15.3. The van der Waals surface area contributed by atoms with Crippen molar-refractivity contribution in [2.24, 2.45) is 0 Å². The molecule has 0 fully saturated rings. The zero-order chi connectivity index (χ0) is 19.8. The summed E-state index contributed by atoms with van der Waals surface area (Å²) in [5.41, 5.74) is 2.28. The summed E-state index contributed by atoms with van der Waals surface area (Å²) in [7, 11) is 0. The maximum Gasteiger partial charge on any atom is 0.338 e. The van der Waals surface area contributed by atoms with E-state index in [9.17, 15) is 10.1 Å². The van der Waals surface area contributed by atoms with Crippen LogP contribution < -0.4 is 5.32 Å². The van der Waals surface area contributed by atoms with E-state index in [4.69, 9.17) is 4.74 Å². The van der Waals surface area contributed by atoms with Crippen LogP contribution in [0.4, 0.5) is 5.82 Å². The van der Waals surface area contributed by atoms with Gasteiger partial charge in [0.25, 0.3) is 0 Å². The lowest BCUT2D eigenvalue weighted by Crippen LogP contribution is -2.16. The van der Waals surface area contributed by atoms with Crippen LogP contribution in [0.5, 0.6) is 0 Å². The van der Waals surface area contributed by atoms with Crippen molar-refractivity contribution in [2.45, 2.75) is 5.16 Å². The molecule has 0 bridgehead atoms. The lowest BCUT2D eigenvalue weighted by molar-refractivity contribution is 0.0520. The fraction of sp³-hybridized carbons (Fsp3) is 0.143. The molecule has 140 valence electrons. The second-order valence-electron chi connectivity index (χ2n) is 5.69. The lowest BCUT2D eigenvalue weighted by Gasteiger charge is -2.12. The number of rotatable bonds is 7. The molecule has 0 radical (unpaired) electrons. The van der Waals surface area contributed by atoms with Gasteiger partial charge in [-0.25, -0.2) is 14.8 Å². The van der Waals surface area contributed by atoms with Crippen LogP contribution in [0.3, 0.4) is 0 Å². The van der Waals surface area contributed by atoms with Crippen LogP contribution in [-0.2, 0) is 4.74 Å². The Morgan fingerprint density at radius 1 is 1.11 bits per heavy atom. The van der Waals surface area contributed by atoms with Crippen molar-refractivity contribution in [3.8, 4) is 17.3 Å². The van der Waals surface area contributed by atoms with Crippen LogP contribution in [0.15, 0.2) is 65.8 Å². The number of carbonyl (C=O) groups excluding carboxylic acids is 1. The van der Waals surface area contributed by atoms with Gasteiger partial charge in [-0.3, -0.25) is 0 Å². The highest BCUT2D eigenvalue weighted by atomic mass is 32.2. The van der Waals surface area contributed by atoms with Gasteiger partial charge in [-0.05, 0) is 18.4 Å². The fourth-order valence-corrected chi connectivity index (χ4v) is 2.91. The van der Waals surface area contributed by atoms with E-state index in [0.717, 1.165) is 5.56 Å². The summed E-state index contributed by atoms with van der Waals surface area (Å²) < 4.78 is 5.26. The number of nitrogens with one attached hydrogen (secondary N) is 1. The van der Waals surface area contributed by atoms with E-state index < -0.39 is 0 Å². The molecule has 0 saturated heterocycles. The van der Waals surface area contributed by atoms with Crippen LogP contribution in [0.2, 0.25) is 0 Å². The molecule has 3 rings (SSSR count). The number of anilines is 1. The monoisotopic (exact) mass is 390 g/mol. The molecule has 0 atom stereocenters. The minimum Gasteiger partial charge on any atom is -0.460 e. The van der Waals surface area contributed by atoms with E-state index in [1.165, 1.54) is 11.8 Å². The topological polar surface area (TPSA) is 87.9 Å². The summed E-state index contributed by atoms with van der Waals surface area (Å²) >= 11 is 1.40. The number of nitriles is 1. The van der Waals surface area contributed by atoms with Gasteiger partial charge in [0.2, 0.25) is 0 Å². The Labute approximate surface area is 167 Å². The fourth-order valence-electron chi connectivity index (χ4n) is 2.54. The Morgan fingerprint density at radius 2 is 1.79 bits per heavy atom. The summed E-state index contributed by atoms with van der Waals surface area (Å²) in [6.45, 7) is 0.476. The van der Waals surface area contributed by atoms with Gasteiger partial charge >= 0.3 is 5.97 Å². The van der Waals surface area contributed by atoms with Crippen molar-refractivity contribution in [1.29, 1.82) is 5.26 Å². The predicted octanol–water partition coefficient (Wildman–Crippen LogP) is 4.01. The predicted molar refractivity (Wildman–Crippen MR) is 109 cm³/mol. The summed E-state index contributed by atoms with van der Waals surface area (Å²) in [6.07, 6.45) is 1.88. The number of hydrogen-bond donors (Lipinski definition) is 1.